The average molecular weight is 630 g/mol. The zero-order valence-corrected chi connectivity index (χ0v) is 31.5. The van der Waals surface area contributed by atoms with Crippen LogP contribution in [0, 0.1) is 0 Å². The quantitative estimate of drug-likeness (QED) is 0.229. The Labute approximate surface area is 270 Å². The SMILES string of the molecule is CC(C)c1cc(C(C)C)c(C(C)O[C@H]2CC(=O)N3C[C@H]4OC(C)(C)O[C@H]4[C@H](O[Si](C(C)C)(C(C)C)C(C)C)[C@@H]23)c(C(C)C)c1. The van der Waals surface area contributed by atoms with Gasteiger partial charge in [0.25, 0.3) is 0 Å². The number of fused-ring (bicyclic) bond motifs is 2. The second-order valence-corrected chi connectivity index (χ2v) is 21.6. The fourth-order valence-corrected chi connectivity index (χ4v) is 14.3. The topological polar surface area (TPSA) is 57.2 Å². The van der Waals surface area contributed by atoms with E-state index in [9.17, 15) is 4.79 Å². The number of ether oxygens (including phenoxy) is 3. The first-order valence-electron chi connectivity index (χ1n) is 17.5. The number of benzene rings is 1. The lowest BCUT2D eigenvalue weighted by Gasteiger charge is -2.51. The largest absolute Gasteiger partial charge is 0.408 e. The van der Waals surface area contributed by atoms with E-state index < -0.39 is 14.1 Å². The molecule has 3 aliphatic rings. The number of nitrogens with zero attached hydrogens (tertiary/aromatic N) is 1. The summed E-state index contributed by atoms with van der Waals surface area (Å²) in [6.07, 6.45) is -0.872. The van der Waals surface area contributed by atoms with Gasteiger partial charge in [0, 0.05) is 0 Å². The first-order chi connectivity index (χ1) is 20.3. The predicted octanol–water partition coefficient (Wildman–Crippen LogP) is 9.20. The van der Waals surface area contributed by atoms with Crippen LogP contribution in [0.5, 0.6) is 0 Å². The second-order valence-electron chi connectivity index (χ2n) is 16.2. The van der Waals surface area contributed by atoms with Gasteiger partial charge in [-0.3, -0.25) is 4.79 Å². The van der Waals surface area contributed by atoms with E-state index in [0.29, 0.717) is 47.3 Å². The maximum atomic E-state index is 13.8. The molecule has 3 fully saturated rings. The highest BCUT2D eigenvalue weighted by Crippen LogP contribution is 2.49. The monoisotopic (exact) mass is 629 g/mol. The van der Waals surface area contributed by atoms with Crippen LogP contribution in [0.15, 0.2) is 12.1 Å². The molecule has 7 heteroatoms. The lowest BCUT2D eigenvalue weighted by atomic mass is 9.82. The number of hydrogen-bond donors (Lipinski definition) is 0. The van der Waals surface area contributed by atoms with Crippen molar-refractivity contribution in [2.75, 3.05) is 6.54 Å². The maximum Gasteiger partial charge on any atom is 0.225 e. The number of piperidine rings is 1. The molecule has 1 aromatic carbocycles. The summed E-state index contributed by atoms with van der Waals surface area (Å²) >= 11 is 0. The van der Waals surface area contributed by atoms with Crippen molar-refractivity contribution >= 4 is 14.2 Å². The molecule has 1 unspecified atom stereocenters. The summed E-state index contributed by atoms with van der Waals surface area (Å²) in [5.41, 5.74) is 6.58. The van der Waals surface area contributed by atoms with Gasteiger partial charge < -0.3 is 23.5 Å². The van der Waals surface area contributed by atoms with Crippen molar-refractivity contribution in [1.29, 1.82) is 0 Å². The summed E-state index contributed by atoms with van der Waals surface area (Å²) in [6, 6.07) is 4.56. The molecule has 3 heterocycles. The minimum atomic E-state index is -2.33. The molecular formula is C37H63NO5Si. The van der Waals surface area contributed by atoms with Gasteiger partial charge in [-0.2, -0.15) is 0 Å². The van der Waals surface area contributed by atoms with E-state index in [1.807, 2.05) is 18.7 Å². The third-order valence-electron chi connectivity index (χ3n) is 10.7. The Hall–Kier alpha value is -1.25. The van der Waals surface area contributed by atoms with E-state index >= 15 is 0 Å². The molecule has 44 heavy (non-hydrogen) atoms. The Morgan fingerprint density at radius 2 is 1.34 bits per heavy atom. The van der Waals surface area contributed by atoms with Crippen LogP contribution in [0.4, 0.5) is 0 Å². The molecule has 0 radical (unpaired) electrons. The number of rotatable bonds is 11. The molecule has 0 aliphatic carbocycles. The highest BCUT2D eigenvalue weighted by molar-refractivity contribution is 6.77. The minimum Gasteiger partial charge on any atom is -0.408 e. The normalized spacial score (nSPS) is 27.9. The zero-order chi connectivity index (χ0) is 33.0. The first kappa shape index (κ1) is 35.6. The number of carbonyl (C=O) groups excluding carboxylic acids is 1. The van der Waals surface area contributed by atoms with Gasteiger partial charge >= 0.3 is 0 Å². The molecule has 0 N–H and O–H groups in total. The van der Waals surface area contributed by atoms with Gasteiger partial charge in [0.05, 0.1) is 37.3 Å². The van der Waals surface area contributed by atoms with E-state index in [2.05, 4.69) is 102 Å². The van der Waals surface area contributed by atoms with Gasteiger partial charge in [0.15, 0.2) is 5.79 Å². The minimum absolute atomic E-state index is 0.127. The summed E-state index contributed by atoms with van der Waals surface area (Å²) in [7, 11) is -2.33. The second kappa shape index (κ2) is 13.1. The van der Waals surface area contributed by atoms with Crippen LogP contribution in [0.1, 0.15) is 156 Å². The fraction of sp³-hybridized carbons (Fsp3) is 0.811. The Kier molecular flexibility index (Phi) is 10.6. The van der Waals surface area contributed by atoms with Crippen molar-refractivity contribution in [3.63, 3.8) is 0 Å². The summed E-state index contributed by atoms with van der Waals surface area (Å²) in [6.45, 7) is 34.2. The highest BCUT2D eigenvalue weighted by Gasteiger charge is 2.61. The van der Waals surface area contributed by atoms with Crippen molar-refractivity contribution in [3.8, 4) is 0 Å². The van der Waals surface area contributed by atoms with E-state index in [-0.39, 0.29) is 42.5 Å². The summed E-state index contributed by atoms with van der Waals surface area (Å²) in [5.74, 6) is 0.580. The van der Waals surface area contributed by atoms with Gasteiger partial charge in [-0.1, -0.05) is 95.2 Å². The van der Waals surface area contributed by atoms with Crippen LogP contribution in [0.25, 0.3) is 0 Å². The summed E-state index contributed by atoms with van der Waals surface area (Å²) in [5, 5.41) is 0. The van der Waals surface area contributed by atoms with Crippen LogP contribution in [0.3, 0.4) is 0 Å². The van der Waals surface area contributed by atoms with Crippen LogP contribution >= 0.6 is 0 Å². The Bertz CT molecular complexity index is 1120. The zero-order valence-electron chi connectivity index (χ0n) is 30.5. The van der Waals surface area contributed by atoms with Gasteiger partial charge in [-0.15, -0.1) is 0 Å². The fourth-order valence-electron chi connectivity index (χ4n) is 8.78. The van der Waals surface area contributed by atoms with Crippen LogP contribution in [0.2, 0.25) is 16.6 Å². The Balaban J connectivity index is 1.78. The van der Waals surface area contributed by atoms with Crippen molar-refractivity contribution in [2.45, 2.75) is 187 Å². The highest BCUT2D eigenvalue weighted by atomic mass is 28.4. The molecular weight excluding hydrogens is 566 g/mol. The maximum absolute atomic E-state index is 13.8. The lowest BCUT2D eigenvalue weighted by Crippen LogP contribution is -2.66. The smallest absolute Gasteiger partial charge is 0.225 e. The van der Waals surface area contributed by atoms with Crippen molar-refractivity contribution in [2.24, 2.45) is 0 Å². The van der Waals surface area contributed by atoms with Crippen LogP contribution < -0.4 is 0 Å². The van der Waals surface area contributed by atoms with Gasteiger partial charge in [-0.05, 0) is 77.4 Å². The molecule has 0 saturated carbocycles. The van der Waals surface area contributed by atoms with E-state index in [1.54, 1.807) is 0 Å². The molecule has 4 rings (SSSR count). The Morgan fingerprint density at radius 3 is 1.80 bits per heavy atom. The molecule has 1 amide bonds. The molecule has 6 atom stereocenters. The van der Waals surface area contributed by atoms with Gasteiger partial charge in [0.2, 0.25) is 14.2 Å². The van der Waals surface area contributed by atoms with Gasteiger partial charge in [0.1, 0.15) is 12.2 Å². The number of carbonyl (C=O) groups is 1. The molecule has 3 saturated heterocycles. The predicted molar refractivity (Wildman–Crippen MR) is 182 cm³/mol. The van der Waals surface area contributed by atoms with E-state index in [0.717, 1.165) is 0 Å². The third kappa shape index (κ3) is 6.47. The molecule has 6 nitrogen and oxygen atoms in total. The Morgan fingerprint density at radius 1 is 0.818 bits per heavy atom. The number of hydrogen-bond acceptors (Lipinski definition) is 5. The van der Waals surface area contributed by atoms with Crippen molar-refractivity contribution < 1.29 is 23.4 Å². The molecule has 0 aromatic heterocycles. The van der Waals surface area contributed by atoms with Crippen molar-refractivity contribution in [3.05, 3.63) is 34.4 Å². The van der Waals surface area contributed by atoms with Crippen molar-refractivity contribution in [1.82, 2.24) is 4.90 Å². The summed E-state index contributed by atoms with van der Waals surface area (Å²) in [4.78, 5) is 15.8. The lowest BCUT2D eigenvalue weighted by molar-refractivity contribution is -0.157. The van der Waals surface area contributed by atoms with Crippen LogP contribution in [-0.2, 0) is 23.4 Å². The van der Waals surface area contributed by atoms with E-state index in [1.165, 1.54) is 22.3 Å². The molecule has 3 aliphatic heterocycles. The molecule has 250 valence electrons. The molecule has 0 bridgehead atoms. The molecule has 1 aromatic rings. The first-order valence-corrected chi connectivity index (χ1v) is 19.6. The van der Waals surface area contributed by atoms with Crippen LogP contribution in [-0.4, -0.2) is 61.9 Å². The average Bonchev–Trinajstić information content (AvgIpc) is 3.38. The van der Waals surface area contributed by atoms with Gasteiger partial charge in [-0.25, -0.2) is 0 Å². The number of amides is 1. The van der Waals surface area contributed by atoms with E-state index in [4.69, 9.17) is 18.6 Å². The standard InChI is InChI=1S/C37H63NO5Si/c1-20(2)27-16-28(21(3)4)33(29(17-27)22(5)6)26(13)40-30-18-32(39)38-19-31-35(42-37(14,15)41-31)36(34(30)38)43-44(23(7)8,24(9)10)25(11)12/h16-17,20-26,30-31,34-36H,18-19H2,1-15H3/t26?,30-,31+,34+,35+,36+/m0/s1. The molecule has 0 spiro atoms. The summed E-state index contributed by atoms with van der Waals surface area (Å²) < 4.78 is 27.8. The third-order valence-corrected chi connectivity index (χ3v) is 16.8.